The lowest BCUT2D eigenvalue weighted by Crippen LogP contribution is -2.42. The first-order valence-electron chi connectivity index (χ1n) is 7.52. The first kappa shape index (κ1) is 22.7. The summed E-state index contributed by atoms with van der Waals surface area (Å²) in [6.45, 7) is 3.60. The Morgan fingerprint density at radius 1 is 1.30 bits per heavy atom. The second kappa shape index (κ2) is 14.0. The summed E-state index contributed by atoms with van der Waals surface area (Å²) >= 11 is 7.97. The average molecular weight is 472 g/mol. The Kier molecular flexibility index (Phi) is 13.8. The van der Waals surface area contributed by atoms with Gasteiger partial charge in [0.05, 0.1) is 11.6 Å². The molecule has 1 atom stereocenters. The second-order valence-corrected chi connectivity index (χ2v) is 6.33. The molecule has 0 saturated heterocycles. The van der Waals surface area contributed by atoms with Crippen LogP contribution in [0.3, 0.4) is 0 Å². The Morgan fingerprint density at radius 2 is 2.04 bits per heavy atom. The monoisotopic (exact) mass is 471 g/mol. The van der Waals surface area contributed by atoms with E-state index < -0.39 is 0 Å². The molecule has 0 saturated carbocycles. The number of rotatable bonds is 9. The van der Waals surface area contributed by atoms with Crippen molar-refractivity contribution >= 4 is 53.3 Å². The SMILES string of the molecule is CN=C(NCCCCSC)NCC(C)Oc1ccccc1Cl.I. The number of halogens is 2. The van der Waals surface area contributed by atoms with Crippen LogP contribution in [0.2, 0.25) is 5.02 Å². The zero-order valence-corrected chi connectivity index (χ0v) is 17.9. The van der Waals surface area contributed by atoms with Crippen LogP contribution in [-0.4, -0.2) is 44.2 Å². The van der Waals surface area contributed by atoms with Gasteiger partial charge in [0.15, 0.2) is 5.96 Å². The van der Waals surface area contributed by atoms with Gasteiger partial charge in [0, 0.05) is 13.6 Å². The molecule has 4 nitrogen and oxygen atoms in total. The van der Waals surface area contributed by atoms with Crippen molar-refractivity contribution in [1.82, 2.24) is 10.6 Å². The number of aliphatic imine (C=N–C) groups is 1. The van der Waals surface area contributed by atoms with Crippen molar-refractivity contribution in [2.45, 2.75) is 25.9 Å². The van der Waals surface area contributed by atoms with Crippen LogP contribution in [0.25, 0.3) is 0 Å². The summed E-state index contributed by atoms with van der Waals surface area (Å²) in [5.41, 5.74) is 0. The molecule has 0 fully saturated rings. The van der Waals surface area contributed by atoms with Crippen LogP contribution >= 0.6 is 47.3 Å². The first-order valence-corrected chi connectivity index (χ1v) is 9.29. The highest BCUT2D eigenvalue weighted by molar-refractivity contribution is 14.0. The number of hydrogen-bond acceptors (Lipinski definition) is 3. The van der Waals surface area contributed by atoms with Crippen LogP contribution in [0.4, 0.5) is 0 Å². The van der Waals surface area contributed by atoms with Crippen molar-refractivity contribution in [2.24, 2.45) is 4.99 Å². The molecule has 1 aromatic rings. The Labute approximate surface area is 166 Å². The second-order valence-electron chi connectivity index (χ2n) is 4.94. The smallest absolute Gasteiger partial charge is 0.191 e. The number of hydrogen-bond donors (Lipinski definition) is 2. The molecule has 1 rings (SSSR count). The molecule has 0 radical (unpaired) electrons. The molecule has 0 aromatic heterocycles. The fourth-order valence-electron chi connectivity index (χ4n) is 1.84. The van der Waals surface area contributed by atoms with Crippen LogP contribution in [-0.2, 0) is 0 Å². The number of nitrogens with one attached hydrogen (secondary N) is 2. The van der Waals surface area contributed by atoms with Crippen LogP contribution in [0.15, 0.2) is 29.3 Å². The fourth-order valence-corrected chi connectivity index (χ4v) is 2.51. The molecule has 23 heavy (non-hydrogen) atoms. The van der Waals surface area contributed by atoms with Gasteiger partial charge < -0.3 is 15.4 Å². The van der Waals surface area contributed by atoms with E-state index in [0.29, 0.717) is 17.3 Å². The van der Waals surface area contributed by atoms with Crippen LogP contribution in [0.5, 0.6) is 5.75 Å². The maximum atomic E-state index is 6.09. The van der Waals surface area contributed by atoms with Gasteiger partial charge in [0.25, 0.3) is 0 Å². The minimum absolute atomic E-state index is 0. The molecule has 132 valence electrons. The number of thioether (sulfide) groups is 1. The Morgan fingerprint density at radius 3 is 2.70 bits per heavy atom. The number of para-hydroxylation sites is 1. The molecule has 0 heterocycles. The van der Waals surface area contributed by atoms with Crippen molar-refractivity contribution in [2.75, 3.05) is 32.1 Å². The summed E-state index contributed by atoms with van der Waals surface area (Å²) in [6, 6.07) is 7.50. The molecule has 1 unspecified atom stereocenters. The van der Waals surface area contributed by atoms with Crippen LogP contribution in [0.1, 0.15) is 19.8 Å². The molecule has 0 aliphatic rings. The maximum Gasteiger partial charge on any atom is 0.191 e. The summed E-state index contributed by atoms with van der Waals surface area (Å²) in [5, 5.41) is 7.20. The number of benzene rings is 1. The van der Waals surface area contributed by atoms with E-state index in [1.165, 1.54) is 12.2 Å². The van der Waals surface area contributed by atoms with E-state index in [1.54, 1.807) is 7.05 Å². The van der Waals surface area contributed by atoms with E-state index in [2.05, 4.69) is 21.9 Å². The van der Waals surface area contributed by atoms with Gasteiger partial charge in [0.2, 0.25) is 0 Å². The standard InChI is InChI=1S/C16H26ClN3OS.HI/c1-13(21-15-9-5-4-8-14(15)17)12-20-16(18-2)19-10-6-7-11-22-3;/h4-5,8-9,13H,6-7,10-12H2,1-3H3,(H2,18,19,20);1H. The van der Waals surface area contributed by atoms with Gasteiger partial charge in [-0.05, 0) is 43.9 Å². The van der Waals surface area contributed by atoms with E-state index in [-0.39, 0.29) is 30.1 Å². The van der Waals surface area contributed by atoms with Crippen LogP contribution < -0.4 is 15.4 Å². The topological polar surface area (TPSA) is 45.7 Å². The van der Waals surface area contributed by atoms with Crippen LogP contribution in [0, 0.1) is 0 Å². The zero-order chi connectivity index (χ0) is 16.2. The number of ether oxygens (including phenoxy) is 1. The molecule has 0 aliphatic carbocycles. The highest BCUT2D eigenvalue weighted by Crippen LogP contribution is 2.23. The van der Waals surface area contributed by atoms with E-state index >= 15 is 0 Å². The molecular formula is C16H27ClIN3OS. The van der Waals surface area contributed by atoms with Gasteiger partial charge in [-0.2, -0.15) is 11.8 Å². The van der Waals surface area contributed by atoms with Crippen molar-refractivity contribution in [1.29, 1.82) is 0 Å². The number of guanidine groups is 1. The quantitative estimate of drug-likeness (QED) is 0.247. The van der Waals surface area contributed by atoms with E-state index in [0.717, 1.165) is 18.9 Å². The van der Waals surface area contributed by atoms with E-state index in [4.69, 9.17) is 16.3 Å². The summed E-state index contributed by atoms with van der Waals surface area (Å²) in [6.07, 6.45) is 4.49. The van der Waals surface area contributed by atoms with Gasteiger partial charge in [-0.25, -0.2) is 0 Å². The lowest BCUT2D eigenvalue weighted by atomic mass is 10.3. The normalized spacial score (nSPS) is 12.3. The van der Waals surface area contributed by atoms with Crippen molar-refractivity contribution < 1.29 is 4.74 Å². The molecule has 0 spiro atoms. The lowest BCUT2D eigenvalue weighted by Gasteiger charge is -2.18. The minimum atomic E-state index is -0.00468. The van der Waals surface area contributed by atoms with E-state index in [1.807, 2.05) is 43.0 Å². The third-order valence-electron chi connectivity index (χ3n) is 3.01. The summed E-state index contributed by atoms with van der Waals surface area (Å²) < 4.78 is 5.82. The Hall–Kier alpha value is -0.340. The maximum absolute atomic E-state index is 6.09. The predicted molar refractivity (Wildman–Crippen MR) is 114 cm³/mol. The molecule has 7 heteroatoms. The fraction of sp³-hybridized carbons (Fsp3) is 0.562. The zero-order valence-electron chi connectivity index (χ0n) is 14.0. The van der Waals surface area contributed by atoms with Gasteiger partial charge >= 0.3 is 0 Å². The summed E-state index contributed by atoms with van der Waals surface area (Å²) in [4.78, 5) is 4.21. The molecule has 0 amide bonds. The highest BCUT2D eigenvalue weighted by Gasteiger charge is 2.07. The summed E-state index contributed by atoms with van der Waals surface area (Å²) in [7, 11) is 1.77. The Bertz CT molecular complexity index is 463. The van der Waals surface area contributed by atoms with Gasteiger partial charge in [-0.15, -0.1) is 24.0 Å². The van der Waals surface area contributed by atoms with Gasteiger partial charge in [-0.3, -0.25) is 4.99 Å². The summed E-state index contributed by atoms with van der Waals surface area (Å²) in [5.74, 6) is 2.72. The largest absolute Gasteiger partial charge is 0.487 e. The molecular weight excluding hydrogens is 445 g/mol. The molecule has 0 bridgehead atoms. The Balaban J connectivity index is 0.00000484. The lowest BCUT2D eigenvalue weighted by molar-refractivity contribution is 0.224. The minimum Gasteiger partial charge on any atom is -0.487 e. The van der Waals surface area contributed by atoms with Gasteiger partial charge in [0.1, 0.15) is 11.9 Å². The van der Waals surface area contributed by atoms with Gasteiger partial charge in [-0.1, -0.05) is 23.7 Å². The van der Waals surface area contributed by atoms with Crippen molar-refractivity contribution in [3.63, 3.8) is 0 Å². The first-order chi connectivity index (χ1) is 10.7. The predicted octanol–water partition coefficient (Wildman–Crippen LogP) is 4.03. The average Bonchev–Trinajstić information content (AvgIpc) is 2.52. The molecule has 1 aromatic carbocycles. The molecule has 2 N–H and O–H groups in total. The molecule has 0 aliphatic heterocycles. The number of nitrogens with zero attached hydrogens (tertiary/aromatic N) is 1. The van der Waals surface area contributed by atoms with Crippen molar-refractivity contribution in [3.05, 3.63) is 29.3 Å². The van der Waals surface area contributed by atoms with Crippen molar-refractivity contribution in [3.8, 4) is 5.75 Å². The van der Waals surface area contributed by atoms with E-state index in [9.17, 15) is 0 Å². The third-order valence-corrected chi connectivity index (χ3v) is 4.02. The highest BCUT2D eigenvalue weighted by atomic mass is 127. The number of unbranched alkanes of at least 4 members (excludes halogenated alkanes) is 1. The third kappa shape index (κ3) is 10.2.